The first-order valence-electron chi connectivity index (χ1n) is 26.0. The average Bonchev–Trinajstić information content (AvgIpc) is 4.10. The fourth-order valence-electron chi connectivity index (χ4n) is 8.09. The van der Waals surface area contributed by atoms with Crippen molar-refractivity contribution >= 4 is 59.1 Å². The number of Topliss-reactive ketones (excluding diaryl/α,β-unsaturated/α-hetero) is 1. The highest BCUT2D eigenvalue weighted by Gasteiger charge is 2.39. The molecule has 8 atom stereocenters. The van der Waals surface area contributed by atoms with E-state index in [0.717, 1.165) is 13.0 Å². The Morgan fingerprint density at radius 2 is 1.53 bits per heavy atom. The number of carboxylic acids is 1. The van der Waals surface area contributed by atoms with Gasteiger partial charge in [0, 0.05) is 56.0 Å². The smallest absolute Gasteiger partial charge is 0.331 e. The fraction of sp³-hybridized carbons (Fsp3) is 0.688. The molecular formula is C48H85N17O11. The normalized spacial score (nSPS) is 16.2. The second-order valence-corrected chi connectivity index (χ2v) is 19.0. The molecule has 0 unspecified atom stereocenters. The van der Waals surface area contributed by atoms with E-state index in [9.17, 15) is 53.4 Å². The maximum atomic E-state index is 14.2. The fourth-order valence-corrected chi connectivity index (χ4v) is 8.09. The van der Waals surface area contributed by atoms with Gasteiger partial charge in [-0.3, -0.25) is 43.3 Å². The van der Waals surface area contributed by atoms with Crippen LogP contribution in [-0.4, -0.2) is 184 Å². The first-order valence-corrected chi connectivity index (χ1v) is 26.0. The average molecular weight is 1080 g/mol. The third kappa shape index (κ3) is 24.4. The highest BCUT2D eigenvalue weighted by atomic mass is 16.4. The number of likely N-dealkylation sites (tertiary alicyclic amines) is 1. The number of hydrogen-bond acceptors (Lipinski definition) is 17. The summed E-state index contributed by atoms with van der Waals surface area (Å²) < 4.78 is 0. The Hall–Kier alpha value is -6.59. The van der Waals surface area contributed by atoms with Crippen molar-refractivity contribution in [3.05, 3.63) is 29.9 Å². The molecule has 1 fully saturated rings. The predicted octanol–water partition coefficient (Wildman–Crippen LogP) is -4.79. The number of nitrogens with two attached hydrogens (primary N) is 6. The second-order valence-electron chi connectivity index (χ2n) is 19.0. The third-order valence-electron chi connectivity index (χ3n) is 12.4. The number of nitrogens with one attached hydrogen (secondary N) is 8. The zero-order valence-corrected chi connectivity index (χ0v) is 44.2. The van der Waals surface area contributed by atoms with Gasteiger partial charge in [0.05, 0.1) is 31.1 Å². The number of unbranched alkanes of at least 4 members (excludes halogenated alkanes) is 2. The van der Waals surface area contributed by atoms with Gasteiger partial charge >= 0.3 is 5.97 Å². The van der Waals surface area contributed by atoms with Gasteiger partial charge in [0.1, 0.15) is 30.2 Å². The summed E-state index contributed by atoms with van der Waals surface area (Å²) in [6.07, 6.45) is 6.31. The molecule has 7 amide bonds. The number of amides is 7. The number of guanidine groups is 1. The van der Waals surface area contributed by atoms with Crippen molar-refractivity contribution in [2.45, 2.75) is 165 Å². The molecule has 0 aromatic carbocycles. The molecule has 76 heavy (non-hydrogen) atoms. The summed E-state index contributed by atoms with van der Waals surface area (Å²) >= 11 is 0. The SMILES string of the molecule is CC(C)NCCCC[C@H](N)C(=O)N[C@H](C(=O)N[C@@H](C)C(=O)NCC(=O)N[C@H](CCCN)C(=O)N1CCC[C@H]1C(=O)N[C@@H](Cc1cnc[nH]1)C(=O)N[C@@H](CCCCN)C(=O)CC/C(=C\CCN=C(N)N)C(=O)O)[C@@H](O)CN. The number of aliphatic hydroxyl groups excluding tert-OH is 1. The number of nitrogens with zero attached hydrogens (tertiary/aromatic N) is 3. The number of aliphatic carboxylic acids is 1. The summed E-state index contributed by atoms with van der Waals surface area (Å²) in [4.78, 5) is 133. The lowest BCUT2D eigenvalue weighted by atomic mass is 9.98. The van der Waals surface area contributed by atoms with Crippen LogP contribution in [0.4, 0.5) is 0 Å². The monoisotopic (exact) mass is 1080 g/mol. The van der Waals surface area contributed by atoms with Crippen LogP contribution in [0.3, 0.4) is 0 Å². The van der Waals surface area contributed by atoms with Crippen LogP contribution >= 0.6 is 0 Å². The van der Waals surface area contributed by atoms with Crippen LogP contribution in [0.1, 0.15) is 110 Å². The number of aliphatic imine (C=N–C) groups is 1. The van der Waals surface area contributed by atoms with Crippen LogP contribution in [0.5, 0.6) is 0 Å². The van der Waals surface area contributed by atoms with Crippen LogP contribution in [0.25, 0.3) is 0 Å². The standard InChI is InChI=1S/C48H85N17O11/c1-28(2)56-20-7-5-12-32(52)42(70)64-40(38(67)24-51)45(73)60-29(3)41(69)58-26-39(68)61-34(14-8-19-50)46(74)65-22-10-15-36(65)44(72)63-35(23-31-25-55-27-59-31)43(71)62-33(13-4-6-18-49)37(66)17-16-30(47(75)76)11-9-21-57-48(53)54/h11,25,27-29,32-36,38,40,56,67H,4-10,12-24,26,49-52H2,1-3H3,(H,55,59)(H,58,69)(H,60,73)(H,61,68)(H,62,71)(H,63,72)(H,64,70)(H,75,76)(H4,53,54,57)/b30-11+/t29-,32-,33-,34+,35-,36-,38-,40-/m0/s1. The molecule has 1 saturated heterocycles. The number of aromatic amines is 1. The van der Waals surface area contributed by atoms with Crippen molar-refractivity contribution < 1.29 is 53.4 Å². The minimum absolute atomic E-state index is 0.0335. The number of H-pyrrole nitrogens is 1. The highest BCUT2D eigenvalue weighted by Crippen LogP contribution is 2.21. The molecule has 0 aliphatic carbocycles. The Balaban J connectivity index is 2.16. The van der Waals surface area contributed by atoms with Crippen molar-refractivity contribution in [1.82, 2.24) is 52.1 Å². The number of imidazole rings is 1. The molecule has 22 N–H and O–H groups in total. The van der Waals surface area contributed by atoms with Gasteiger partial charge in [0.15, 0.2) is 11.7 Å². The molecular weight excluding hydrogens is 991 g/mol. The Labute approximate surface area is 443 Å². The van der Waals surface area contributed by atoms with Gasteiger partial charge in [0.2, 0.25) is 41.4 Å². The summed E-state index contributed by atoms with van der Waals surface area (Å²) in [5, 5.41) is 38.8. The highest BCUT2D eigenvalue weighted by molar-refractivity contribution is 5.98. The van der Waals surface area contributed by atoms with Gasteiger partial charge in [-0.2, -0.15) is 0 Å². The summed E-state index contributed by atoms with van der Waals surface area (Å²) in [5.41, 5.74) is 34.3. The van der Waals surface area contributed by atoms with Crippen molar-refractivity contribution in [3.8, 4) is 0 Å². The summed E-state index contributed by atoms with van der Waals surface area (Å²) in [5.74, 6) is -7.09. The van der Waals surface area contributed by atoms with Gasteiger partial charge in [-0.15, -0.1) is 0 Å². The third-order valence-corrected chi connectivity index (χ3v) is 12.4. The van der Waals surface area contributed by atoms with Crippen LogP contribution < -0.4 is 71.6 Å². The molecule has 428 valence electrons. The molecule has 1 aliphatic heterocycles. The quantitative estimate of drug-likeness (QED) is 0.0128. The molecule has 28 nitrogen and oxygen atoms in total. The van der Waals surface area contributed by atoms with Gasteiger partial charge in [0.25, 0.3) is 0 Å². The summed E-state index contributed by atoms with van der Waals surface area (Å²) in [7, 11) is 0. The maximum Gasteiger partial charge on any atom is 0.331 e. The van der Waals surface area contributed by atoms with E-state index in [1.54, 1.807) is 0 Å². The zero-order chi connectivity index (χ0) is 56.7. The Morgan fingerprint density at radius 3 is 2.16 bits per heavy atom. The molecule has 28 heteroatoms. The van der Waals surface area contributed by atoms with E-state index in [1.165, 1.54) is 30.4 Å². The molecule has 0 spiro atoms. The number of aliphatic hydroxyl groups is 1. The largest absolute Gasteiger partial charge is 0.478 e. The minimum atomic E-state index is -1.55. The van der Waals surface area contributed by atoms with Crippen molar-refractivity contribution in [3.63, 3.8) is 0 Å². The van der Waals surface area contributed by atoms with Gasteiger partial charge in [-0.25, -0.2) is 9.78 Å². The van der Waals surface area contributed by atoms with E-state index in [2.05, 4.69) is 52.2 Å². The lowest BCUT2D eigenvalue weighted by Gasteiger charge is -2.30. The number of hydrogen-bond donors (Lipinski definition) is 16. The van der Waals surface area contributed by atoms with E-state index < -0.39 is 115 Å². The number of carboxylic acid groups (broad SMARTS) is 1. The molecule has 1 aromatic heterocycles. The molecule has 2 heterocycles. The topological polar surface area (TPSA) is 479 Å². The van der Waals surface area contributed by atoms with E-state index >= 15 is 0 Å². The Morgan fingerprint density at radius 1 is 0.829 bits per heavy atom. The Kier molecular flexibility index (Phi) is 30.7. The molecule has 2 rings (SSSR count). The van der Waals surface area contributed by atoms with Crippen molar-refractivity contribution in [2.75, 3.05) is 45.8 Å². The molecule has 0 bridgehead atoms. The maximum absolute atomic E-state index is 14.2. The van der Waals surface area contributed by atoms with Crippen LogP contribution in [0, 0.1) is 0 Å². The number of carbonyl (C=O) groups is 9. The molecule has 0 radical (unpaired) electrons. The second kappa shape index (κ2) is 35.6. The van der Waals surface area contributed by atoms with E-state index in [-0.39, 0.29) is 82.5 Å². The first-order chi connectivity index (χ1) is 36.1. The number of carbonyl (C=O) groups excluding carboxylic acids is 8. The number of rotatable bonds is 38. The molecule has 1 aromatic rings. The lowest BCUT2D eigenvalue weighted by Crippen LogP contribution is -2.60. The van der Waals surface area contributed by atoms with Gasteiger partial charge in [-0.1, -0.05) is 26.3 Å². The first kappa shape index (κ1) is 65.5. The minimum Gasteiger partial charge on any atom is -0.478 e. The number of ketones is 1. The summed E-state index contributed by atoms with van der Waals surface area (Å²) in [6, 6.07) is -8.13. The molecule has 1 aliphatic rings. The van der Waals surface area contributed by atoms with E-state index in [4.69, 9.17) is 34.4 Å². The van der Waals surface area contributed by atoms with Gasteiger partial charge < -0.3 is 91.7 Å². The van der Waals surface area contributed by atoms with E-state index in [0.29, 0.717) is 50.4 Å². The number of aromatic nitrogens is 2. The zero-order valence-electron chi connectivity index (χ0n) is 44.2. The van der Waals surface area contributed by atoms with Crippen LogP contribution in [0.2, 0.25) is 0 Å². The predicted molar refractivity (Wildman–Crippen MR) is 282 cm³/mol. The van der Waals surface area contributed by atoms with Crippen molar-refractivity contribution in [2.24, 2.45) is 39.4 Å². The molecule has 0 saturated carbocycles. The Bertz CT molecular complexity index is 2090. The van der Waals surface area contributed by atoms with E-state index in [1.807, 2.05) is 13.8 Å². The summed E-state index contributed by atoms with van der Waals surface area (Å²) in [6.45, 7) is 5.76. The van der Waals surface area contributed by atoms with Crippen molar-refractivity contribution in [1.29, 1.82) is 0 Å². The van der Waals surface area contributed by atoms with Gasteiger partial charge in [-0.05, 0) is 97.2 Å². The lowest BCUT2D eigenvalue weighted by molar-refractivity contribution is -0.142. The van der Waals surface area contributed by atoms with Crippen LogP contribution in [-0.2, 0) is 49.6 Å². The van der Waals surface area contributed by atoms with Crippen LogP contribution in [0.15, 0.2) is 29.2 Å².